The van der Waals surface area contributed by atoms with Crippen LogP contribution in [0.4, 0.5) is 13.2 Å². The van der Waals surface area contributed by atoms with E-state index < -0.39 is 12.2 Å². The fourth-order valence-corrected chi connectivity index (χ4v) is 3.01. The Balaban J connectivity index is 1.65. The van der Waals surface area contributed by atoms with Crippen molar-refractivity contribution in [1.82, 2.24) is 20.0 Å². The van der Waals surface area contributed by atoms with Crippen molar-refractivity contribution in [1.29, 1.82) is 0 Å². The van der Waals surface area contributed by atoms with Crippen LogP contribution in [0.5, 0.6) is 0 Å². The number of aryl methyl sites for hydroxylation is 1. The van der Waals surface area contributed by atoms with Gasteiger partial charge in [-0.15, -0.1) is 10.2 Å². The standard InChI is InChI=1S/C16H19F3N4O/c1-12-20-21-14(24-12)11-22-7-9-23(10-8-22)15(16(17,18)19)13-5-3-2-4-6-13/h2-6,15H,7-11H2,1H3/t15-/m1/s1. The predicted octanol–water partition coefficient (Wildman–Crippen LogP) is 2.80. The number of nitrogens with zero attached hydrogens (tertiary/aromatic N) is 4. The first-order valence-corrected chi connectivity index (χ1v) is 7.80. The summed E-state index contributed by atoms with van der Waals surface area (Å²) in [7, 11) is 0. The maximum Gasteiger partial charge on any atom is 0.408 e. The van der Waals surface area contributed by atoms with Crippen LogP contribution < -0.4 is 0 Å². The highest BCUT2D eigenvalue weighted by molar-refractivity contribution is 5.20. The van der Waals surface area contributed by atoms with Crippen molar-refractivity contribution >= 4 is 0 Å². The monoisotopic (exact) mass is 340 g/mol. The molecule has 24 heavy (non-hydrogen) atoms. The summed E-state index contributed by atoms with van der Waals surface area (Å²) in [5.74, 6) is 0.987. The summed E-state index contributed by atoms with van der Waals surface area (Å²) in [6.07, 6.45) is -4.30. The number of alkyl halides is 3. The van der Waals surface area contributed by atoms with E-state index in [1.54, 1.807) is 25.1 Å². The van der Waals surface area contributed by atoms with E-state index >= 15 is 0 Å². The zero-order chi connectivity index (χ0) is 17.2. The lowest BCUT2D eigenvalue weighted by Gasteiger charge is -2.39. The molecular formula is C16H19F3N4O. The summed E-state index contributed by atoms with van der Waals surface area (Å²) in [5, 5.41) is 7.69. The molecule has 3 rings (SSSR count). The SMILES string of the molecule is Cc1nnc(CN2CCN([C@H](c3ccccc3)C(F)(F)F)CC2)o1. The first-order chi connectivity index (χ1) is 11.4. The maximum absolute atomic E-state index is 13.5. The summed E-state index contributed by atoms with van der Waals surface area (Å²) >= 11 is 0. The van der Waals surface area contributed by atoms with Gasteiger partial charge in [0.05, 0.1) is 6.54 Å². The molecule has 0 bridgehead atoms. The van der Waals surface area contributed by atoms with Gasteiger partial charge in [-0.05, 0) is 5.56 Å². The zero-order valence-electron chi connectivity index (χ0n) is 13.3. The molecule has 1 saturated heterocycles. The molecule has 0 aliphatic carbocycles. The lowest BCUT2D eigenvalue weighted by Crippen LogP contribution is -2.50. The molecule has 130 valence electrons. The Labute approximate surface area is 138 Å². The second-order valence-electron chi connectivity index (χ2n) is 5.88. The van der Waals surface area contributed by atoms with Crippen molar-refractivity contribution < 1.29 is 17.6 Å². The molecule has 1 atom stereocenters. The van der Waals surface area contributed by atoms with Crippen molar-refractivity contribution in [2.45, 2.75) is 25.7 Å². The Morgan fingerprint density at radius 3 is 2.29 bits per heavy atom. The molecule has 1 fully saturated rings. The van der Waals surface area contributed by atoms with Gasteiger partial charge in [-0.2, -0.15) is 13.2 Å². The van der Waals surface area contributed by atoms with Crippen molar-refractivity contribution in [2.75, 3.05) is 26.2 Å². The van der Waals surface area contributed by atoms with Gasteiger partial charge < -0.3 is 4.42 Å². The van der Waals surface area contributed by atoms with E-state index in [2.05, 4.69) is 10.2 Å². The Kier molecular flexibility index (Phi) is 4.86. The largest absolute Gasteiger partial charge is 0.424 e. The molecular weight excluding hydrogens is 321 g/mol. The van der Waals surface area contributed by atoms with Crippen molar-refractivity contribution in [2.24, 2.45) is 0 Å². The van der Waals surface area contributed by atoms with Crippen LogP contribution in [0.1, 0.15) is 23.4 Å². The molecule has 0 amide bonds. The first kappa shape index (κ1) is 16.9. The Morgan fingerprint density at radius 1 is 1.08 bits per heavy atom. The molecule has 2 aromatic rings. The van der Waals surface area contributed by atoms with Crippen LogP contribution in [0.15, 0.2) is 34.7 Å². The zero-order valence-corrected chi connectivity index (χ0v) is 13.3. The molecule has 0 spiro atoms. The number of halogens is 3. The van der Waals surface area contributed by atoms with Gasteiger partial charge in [-0.1, -0.05) is 30.3 Å². The lowest BCUT2D eigenvalue weighted by atomic mass is 10.0. The molecule has 1 aliphatic rings. The molecule has 5 nitrogen and oxygen atoms in total. The minimum Gasteiger partial charge on any atom is -0.424 e. The average Bonchev–Trinajstić information content (AvgIpc) is 2.94. The van der Waals surface area contributed by atoms with Crippen molar-refractivity contribution in [3.63, 3.8) is 0 Å². The van der Waals surface area contributed by atoms with E-state index in [0.717, 1.165) is 0 Å². The highest BCUT2D eigenvalue weighted by atomic mass is 19.4. The quantitative estimate of drug-likeness (QED) is 0.856. The maximum atomic E-state index is 13.5. The van der Waals surface area contributed by atoms with Gasteiger partial charge in [0.15, 0.2) is 0 Å². The number of aromatic nitrogens is 2. The molecule has 1 aliphatic heterocycles. The van der Waals surface area contributed by atoms with E-state index in [1.165, 1.54) is 17.0 Å². The third-order valence-electron chi connectivity index (χ3n) is 4.12. The fraction of sp³-hybridized carbons (Fsp3) is 0.500. The first-order valence-electron chi connectivity index (χ1n) is 7.80. The Morgan fingerprint density at radius 2 is 1.75 bits per heavy atom. The van der Waals surface area contributed by atoms with Crippen LogP contribution in [0.2, 0.25) is 0 Å². The average molecular weight is 340 g/mol. The fourth-order valence-electron chi connectivity index (χ4n) is 3.01. The summed E-state index contributed by atoms with van der Waals surface area (Å²) < 4.78 is 46.0. The van der Waals surface area contributed by atoms with Crippen molar-refractivity contribution in [3.8, 4) is 0 Å². The number of rotatable bonds is 4. The molecule has 2 heterocycles. The van der Waals surface area contributed by atoms with E-state index in [-0.39, 0.29) is 5.56 Å². The molecule has 0 saturated carbocycles. The summed E-state index contributed by atoms with van der Waals surface area (Å²) in [6.45, 7) is 3.92. The number of hydrogen-bond donors (Lipinski definition) is 0. The van der Waals surface area contributed by atoms with Gasteiger partial charge in [0.2, 0.25) is 11.8 Å². The van der Waals surface area contributed by atoms with Gasteiger partial charge in [-0.3, -0.25) is 9.80 Å². The summed E-state index contributed by atoms with van der Waals surface area (Å²) in [5.41, 5.74) is 0.283. The minimum atomic E-state index is -4.30. The van der Waals surface area contributed by atoms with Crippen LogP contribution in [0, 0.1) is 6.92 Å². The second-order valence-corrected chi connectivity index (χ2v) is 5.88. The van der Waals surface area contributed by atoms with Gasteiger partial charge in [0.25, 0.3) is 0 Å². The van der Waals surface area contributed by atoms with Crippen LogP contribution in [0.3, 0.4) is 0 Å². The number of benzene rings is 1. The number of hydrogen-bond acceptors (Lipinski definition) is 5. The predicted molar refractivity (Wildman–Crippen MR) is 81.1 cm³/mol. The van der Waals surface area contributed by atoms with E-state index in [1.807, 2.05) is 4.90 Å². The Hall–Kier alpha value is -1.93. The van der Waals surface area contributed by atoms with Crippen molar-refractivity contribution in [3.05, 3.63) is 47.7 Å². The summed E-state index contributed by atoms with van der Waals surface area (Å²) in [4.78, 5) is 3.52. The van der Waals surface area contributed by atoms with E-state index in [9.17, 15) is 13.2 Å². The third-order valence-corrected chi connectivity index (χ3v) is 4.12. The molecule has 1 aromatic heterocycles. The smallest absolute Gasteiger partial charge is 0.408 e. The third kappa shape index (κ3) is 3.93. The topological polar surface area (TPSA) is 45.4 Å². The van der Waals surface area contributed by atoms with Crippen LogP contribution in [-0.2, 0) is 6.54 Å². The molecule has 1 aromatic carbocycles. The minimum absolute atomic E-state index is 0.283. The van der Waals surface area contributed by atoms with Crippen LogP contribution in [-0.4, -0.2) is 52.4 Å². The summed E-state index contributed by atoms with van der Waals surface area (Å²) in [6, 6.07) is 6.51. The lowest BCUT2D eigenvalue weighted by molar-refractivity contribution is -0.190. The van der Waals surface area contributed by atoms with E-state index in [4.69, 9.17) is 4.42 Å². The second kappa shape index (κ2) is 6.90. The molecule has 0 radical (unpaired) electrons. The van der Waals surface area contributed by atoms with Gasteiger partial charge in [0, 0.05) is 33.1 Å². The highest BCUT2D eigenvalue weighted by Gasteiger charge is 2.45. The van der Waals surface area contributed by atoms with Gasteiger partial charge in [-0.25, -0.2) is 0 Å². The normalized spacial score (nSPS) is 18.7. The molecule has 0 unspecified atom stereocenters. The van der Waals surface area contributed by atoms with Gasteiger partial charge >= 0.3 is 6.18 Å². The van der Waals surface area contributed by atoms with E-state index in [0.29, 0.717) is 44.5 Å². The Bertz CT molecular complexity index is 651. The van der Waals surface area contributed by atoms with Crippen LogP contribution in [0.25, 0.3) is 0 Å². The highest BCUT2D eigenvalue weighted by Crippen LogP contribution is 2.38. The van der Waals surface area contributed by atoms with Gasteiger partial charge in [0.1, 0.15) is 6.04 Å². The molecule has 0 N–H and O–H groups in total. The number of piperazine rings is 1. The van der Waals surface area contributed by atoms with Crippen LogP contribution >= 0.6 is 0 Å². The molecule has 8 heteroatoms.